The van der Waals surface area contributed by atoms with E-state index in [0.29, 0.717) is 0 Å². The summed E-state index contributed by atoms with van der Waals surface area (Å²) < 4.78 is 5.39. The Balaban J connectivity index is 2.72. The van der Waals surface area contributed by atoms with Gasteiger partial charge in [0.1, 0.15) is 5.75 Å². The van der Waals surface area contributed by atoms with Crippen molar-refractivity contribution in [1.29, 1.82) is 0 Å². The highest BCUT2D eigenvalue weighted by Gasteiger charge is 2.20. The second-order valence-corrected chi connectivity index (χ2v) is 5.91. The van der Waals surface area contributed by atoms with Crippen molar-refractivity contribution in [2.24, 2.45) is 5.41 Å². The van der Waals surface area contributed by atoms with Gasteiger partial charge in [-0.3, -0.25) is 0 Å². The fourth-order valence-corrected chi connectivity index (χ4v) is 2.26. The van der Waals surface area contributed by atoms with Gasteiger partial charge in [-0.1, -0.05) is 32.4 Å². The molecule has 1 aromatic rings. The van der Waals surface area contributed by atoms with Gasteiger partial charge in [0.15, 0.2) is 0 Å². The van der Waals surface area contributed by atoms with Crippen LogP contribution in [0.2, 0.25) is 5.02 Å². The van der Waals surface area contributed by atoms with E-state index in [2.05, 4.69) is 26.1 Å². The third-order valence-corrected chi connectivity index (χ3v) is 3.18. The predicted octanol–water partition coefficient (Wildman–Crippen LogP) is 3.92. The van der Waals surface area contributed by atoms with Gasteiger partial charge in [0, 0.05) is 11.6 Å². The van der Waals surface area contributed by atoms with Crippen molar-refractivity contribution in [1.82, 2.24) is 5.32 Å². The van der Waals surface area contributed by atoms with Crippen LogP contribution in [0.3, 0.4) is 0 Å². The average Bonchev–Trinajstić information content (AvgIpc) is 2.29. The molecule has 1 rings (SSSR count). The lowest BCUT2D eigenvalue weighted by molar-refractivity contribution is 0.330. The van der Waals surface area contributed by atoms with Crippen LogP contribution in [0.25, 0.3) is 0 Å². The average molecular weight is 270 g/mol. The van der Waals surface area contributed by atoms with Crippen molar-refractivity contribution in [3.63, 3.8) is 0 Å². The normalized spacial score (nSPS) is 11.6. The van der Waals surface area contributed by atoms with Crippen LogP contribution in [-0.4, -0.2) is 20.2 Å². The van der Waals surface area contributed by atoms with E-state index < -0.39 is 0 Å². The minimum Gasteiger partial charge on any atom is -0.496 e. The van der Waals surface area contributed by atoms with Crippen LogP contribution in [0.5, 0.6) is 5.75 Å². The summed E-state index contributed by atoms with van der Waals surface area (Å²) in [6, 6.07) is 5.81. The minimum absolute atomic E-state index is 0.188. The number of hydrogen-bond donors (Lipinski definition) is 1. The van der Waals surface area contributed by atoms with Crippen LogP contribution in [0.1, 0.15) is 32.8 Å². The zero-order valence-corrected chi connectivity index (χ0v) is 12.6. The molecule has 0 aliphatic carbocycles. The topological polar surface area (TPSA) is 21.3 Å². The van der Waals surface area contributed by atoms with E-state index >= 15 is 0 Å². The largest absolute Gasteiger partial charge is 0.496 e. The Morgan fingerprint density at radius 2 is 2.06 bits per heavy atom. The maximum absolute atomic E-state index is 6.06. The van der Waals surface area contributed by atoms with Crippen molar-refractivity contribution >= 4 is 11.6 Å². The molecule has 0 saturated carbocycles. The van der Waals surface area contributed by atoms with E-state index in [9.17, 15) is 0 Å². The summed E-state index contributed by atoms with van der Waals surface area (Å²) in [5.41, 5.74) is 1.36. The molecule has 0 radical (unpaired) electrons. The van der Waals surface area contributed by atoms with Crippen LogP contribution in [0.4, 0.5) is 0 Å². The van der Waals surface area contributed by atoms with Crippen LogP contribution in [0.15, 0.2) is 18.2 Å². The Kier molecular flexibility index (Phi) is 5.97. The molecular formula is C15H24ClNO. The Hall–Kier alpha value is -0.730. The molecule has 0 aliphatic heterocycles. The molecule has 0 amide bonds. The van der Waals surface area contributed by atoms with E-state index in [1.54, 1.807) is 7.11 Å². The summed E-state index contributed by atoms with van der Waals surface area (Å²) in [6.07, 6.45) is 2.12. The molecule has 0 unspecified atom stereocenters. The van der Waals surface area contributed by atoms with E-state index in [1.807, 2.05) is 18.2 Å². The van der Waals surface area contributed by atoms with Crippen LogP contribution >= 0.6 is 11.6 Å². The molecule has 0 heterocycles. The van der Waals surface area contributed by atoms with Gasteiger partial charge in [-0.2, -0.15) is 0 Å². The fourth-order valence-electron chi connectivity index (χ4n) is 2.07. The molecule has 0 spiro atoms. The van der Waals surface area contributed by atoms with E-state index in [4.69, 9.17) is 16.3 Å². The monoisotopic (exact) mass is 269 g/mol. The van der Waals surface area contributed by atoms with Crippen LogP contribution in [0, 0.1) is 5.41 Å². The number of benzene rings is 1. The Morgan fingerprint density at radius 3 is 2.67 bits per heavy atom. The molecule has 0 saturated heterocycles. The Morgan fingerprint density at radius 1 is 1.33 bits per heavy atom. The molecule has 18 heavy (non-hydrogen) atoms. The van der Waals surface area contributed by atoms with Gasteiger partial charge in [0.2, 0.25) is 0 Å². The molecule has 0 bridgehead atoms. The Labute approximate surface area is 116 Å². The number of hydrogen-bond acceptors (Lipinski definition) is 2. The summed E-state index contributed by atoms with van der Waals surface area (Å²) >= 11 is 6.06. The quantitative estimate of drug-likeness (QED) is 0.758. The van der Waals surface area contributed by atoms with Gasteiger partial charge in [-0.15, -0.1) is 0 Å². The molecule has 2 nitrogen and oxygen atoms in total. The third-order valence-electron chi connectivity index (χ3n) is 2.94. The number of methoxy groups -OCH3 is 1. The van der Waals surface area contributed by atoms with E-state index in [-0.39, 0.29) is 5.41 Å². The van der Waals surface area contributed by atoms with Gasteiger partial charge in [-0.05, 0) is 48.6 Å². The number of ether oxygens (including phenoxy) is 1. The zero-order valence-electron chi connectivity index (χ0n) is 11.8. The summed E-state index contributed by atoms with van der Waals surface area (Å²) in [7, 11) is 1.70. The van der Waals surface area contributed by atoms with Gasteiger partial charge < -0.3 is 10.1 Å². The minimum atomic E-state index is 0.188. The predicted molar refractivity (Wildman–Crippen MR) is 78.6 cm³/mol. The van der Waals surface area contributed by atoms with Crippen molar-refractivity contribution in [2.75, 3.05) is 20.2 Å². The summed E-state index contributed by atoms with van der Waals surface area (Å²) in [6.45, 7) is 8.76. The highest BCUT2D eigenvalue weighted by atomic mass is 35.5. The number of rotatable bonds is 7. The lowest BCUT2D eigenvalue weighted by Crippen LogP contribution is -2.31. The van der Waals surface area contributed by atoms with Gasteiger partial charge in [0.05, 0.1) is 7.11 Å². The Bertz CT molecular complexity index is 377. The van der Waals surface area contributed by atoms with Gasteiger partial charge >= 0.3 is 0 Å². The van der Waals surface area contributed by atoms with Crippen LogP contribution in [-0.2, 0) is 6.42 Å². The SMILES string of the molecule is CCCNCC(C)(C)Cc1cc(Cl)ccc1OC. The summed E-state index contributed by atoms with van der Waals surface area (Å²) in [5, 5.41) is 4.24. The fraction of sp³-hybridized carbons (Fsp3) is 0.600. The highest BCUT2D eigenvalue weighted by molar-refractivity contribution is 6.30. The van der Waals surface area contributed by atoms with Gasteiger partial charge in [-0.25, -0.2) is 0 Å². The molecule has 0 aromatic heterocycles. The lowest BCUT2D eigenvalue weighted by Gasteiger charge is -2.26. The summed E-state index contributed by atoms with van der Waals surface area (Å²) in [5.74, 6) is 0.919. The van der Waals surface area contributed by atoms with E-state index in [1.165, 1.54) is 5.56 Å². The van der Waals surface area contributed by atoms with E-state index in [0.717, 1.165) is 36.7 Å². The smallest absolute Gasteiger partial charge is 0.122 e. The molecule has 3 heteroatoms. The maximum atomic E-state index is 6.06. The zero-order chi connectivity index (χ0) is 13.6. The number of halogens is 1. The standard InChI is InChI=1S/C15H24ClNO/c1-5-8-17-11-15(2,3)10-12-9-13(16)6-7-14(12)18-4/h6-7,9,17H,5,8,10-11H2,1-4H3. The highest BCUT2D eigenvalue weighted by Crippen LogP contribution is 2.29. The maximum Gasteiger partial charge on any atom is 0.122 e. The molecule has 0 atom stereocenters. The first-order valence-corrected chi connectivity index (χ1v) is 6.89. The third kappa shape index (κ3) is 4.87. The first kappa shape index (κ1) is 15.3. The lowest BCUT2D eigenvalue weighted by atomic mass is 9.85. The molecular weight excluding hydrogens is 246 g/mol. The van der Waals surface area contributed by atoms with Crippen molar-refractivity contribution in [2.45, 2.75) is 33.6 Å². The first-order valence-electron chi connectivity index (χ1n) is 6.51. The molecule has 0 aliphatic rings. The summed E-state index contributed by atoms with van der Waals surface area (Å²) in [4.78, 5) is 0. The molecule has 102 valence electrons. The second-order valence-electron chi connectivity index (χ2n) is 5.47. The van der Waals surface area contributed by atoms with Crippen molar-refractivity contribution in [3.05, 3.63) is 28.8 Å². The number of nitrogens with one attached hydrogen (secondary N) is 1. The van der Waals surface area contributed by atoms with Crippen molar-refractivity contribution in [3.8, 4) is 5.75 Å². The molecule has 1 aromatic carbocycles. The molecule has 0 fully saturated rings. The second kappa shape index (κ2) is 7.01. The van der Waals surface area contributed by atoms with Crippen LogP contribution < -0.4 is 10.1 Å². The van der Waals surface area contributed by atoms with Crippen molar-refractivity contribution < 1.29 is 4.74 Å². The van der Waals surface area contributed by atoms with Gasteiger partial charge in [0.25, 0.3) is 0 Å². The first-order chi connectivity index (χ1) is 8.48. The molecule has 1 N–H and O–H groups in total.